The van der Waals surface area contributed by atoms with Gasteiger partial charge in [0.2, 0.25) is 0 Å². The Morgan fingerprint density at radius 2 is 2.15 bits per heavy atom. The summed E-state index contributed by atoms with van der Waals surface area (Å²) in [6, 6.07) is 1.58. The molecule has 2 N–H and O–H groups in total. The highest BCUT2D eigenvalue weighted by molar-refractivity contribution is 5.10. The van der Waals surface area contributed by atoms with E-state index in [1.54, 1.807) is 6.07 Å². The van der Waals surface area contributed by atoms with Crippen LogP contribution in [0.15, 0.2) is 10.9 Å². The number of rotatable bonds is 2. The topological polar surface area (TPSA) is 58.0 Å². The first-order valence-corrected chi connectivity index (χ1v) is 4.36. The summed E-state index contributed by atoms with van der Waals surface area (Å²) in [5, 5.41) is 11.6. The van der Waals surface area contributed by atoms with Crippen molar-refractivity contribution >= 4 is 0 Å². The van der Waals surface area contributed by atoms with Crippen molar-refractivity contribution < 1.29 is 5.11 Å². The Balaban J connectivity index is 3.02. The number of aromatic amines is 1. The van der Waals surface area contributed by atoms with E-state index in [9.17, 15) is 4.79 Å². The molecule has 1 rings (SSSR count). The van der Waals surface area contributed by atoms with Gasteiger partial charge in [0.15, 0.2) is 0 Å². The van der Waals surface area contributed by atoms with E-state index in [-0.39, 0.29) is 17.6 Å². The van der Waals surface area contributed by atoms with Crippen LogP contribution in [-0.2, 0) is 12.0 Å². The summed E-state index contributed by atoms with van der Waals surface area (Å²) >= 11 is 0. The summed E-state index contributed by atoms with van der Waals surface area (Å²) in [4.78, 5) is 11.3. The predicted octanol–water partition coefficient (Wildman–Crippen LogP) is 0.466. The molecule has 0 saturated heterocycles. The van der Waals surface area contributed by atoms with Gasteiger partial charge in [-0.2, -0.15) is 0 Å². The molecule has 0 bridgehead atoms. The molecule has 0 radical (unpaired) electrons. The molecule has 0 amide bonds. The van der Waals surface area contributed by atoms with Gasteiger partial charge < -0.3 is 5.11 Å². The number of aliphatic hydroxyl groups excluding tert-OH is 1. The highest BCUT2D eigenvalue weighted by atomic mass is 16.3. The molecule has 4 nitrogen and oxygen atoms in total. The number of nitrogens with one attached hydrogen (secondary N) is 1. The molecule has 4 heteroatoms. The molecular weight excluding hydrogens is 168 g/mol. The number of hydrogen-bond donors (Lipinski definition) is 2. The molecule has 13 heavy (non-hydrogen) atoms. The Morgan fingerprint density at radius 3 is 2.54 bits per heavy atom. The normalized spacial score (nSPS) is 12.0. The molecule has 1 aromatic heterocycles. The number of aliphatic hydroxyl groups is 1. The lowest BCUT2D eigenvalue weighted by Crippen LogP contribution is -2.18. The van der Waals surface area contributed by atoms with Gasteiger partial charge in [-0.3, -0.25) is 14.6 Å². The van der Waals surface area contributed by atoms with Gasteiger partial charge >= 0.3 is 0 Å². The standard InChI is InChI=1S/C9H16N2O2/c1-9(2,3)7-6-8(13)11(10-7)4-5-12/h6,10,12H,4-5H2,1-3H3. The third-order valence-corrected chi connectivity index (χ3v) is 1.92. The van der Waals surface area contributed by atoms with Crippen LogP contribution in [-0.4, -0.2) is 21.5 Å². The fourth-order valence-electron chi connectivity index (χ4n) is 1.08. The fraction of sp³-hybridized carbons (Fsp3) is 0.667. The fourth-order valence-corrected chi connectivity index (χ4v) is 1.08. The first-order valence-electron chi connectivity index (χ1n) is 4.36. The molecule has 1 heterocycles. The molecule has 74 valence electrons. The molecule has 0 aliphatic heterocycles. The highest BCUT2D eigenvalue weighted by Crippen LogP contribution is 2.17. The van der Waals surface area contributed by atoms with Gasteiger partial charge in [0.05, 0.1) is 13.2 Å². The van der Waals surface area contributed by atoms with Crippen LogP contribution < -0.4 is 5.56 Å². The van der Waals surface area contributed by atoms with Crippen LogP contribution in [0.5, 0.6) is 0 Å². The minimum absolute atomic E-state index is 0.0238. The van der Waals surface area contributed by atoms with E-state index in [1.807, 2.05) is 20.8 Å². The van der Waals surface area contributed by atoms with E-state index < -0.39 is 0 Å². The largest absolute Gasteiger partial charge is 0.394 e. The van der Waals surface area contributed by atoms with Crippen LogP contribution in [0.3, 0.4) is 0 Å². The average Bonchev–Trinajstić information content (AvgIpc) is 2.32. The highest BCUT2D eigenvalue weighted by Gasteiger charge is 2.17. The van der Waals surface area contributed by atoms with E-state index in [0.29, 0.717) is 6.54 Å². The van der Waals surface area contributed by atoms with Crippen LogP contribution in [0.25, 0.3) is 0 Å². The maximum atomic E-state index is 11.3. The summed E-state index contributed by atoms with van der Waals surface area (Å²) in [7, 11) is 0. The van der Waals surface area contributed by atoms with Gasteiger partial charge in [0.1, 0.15) is 0 Å². The second-order valence-corrected chi connectivity index (χ2v) is 4.13. The zero-order valence-electron chi connectivity index (χ0n) is 8.29. The number of H-pyrrole nitrogens is 1. The molecule has 0 saturated carbocycles. The summed E-state index contributed by atoms with van der Waals surface area (Å²) in [6.07, 6.45) is 0. The lowest BCUT2D eigenvalue weighted by molar-refractivity contribution is 0.266. The van der Waals surface area contributed by atoms with Gasteiger partial charge in [-0.15, -0.1) is 0 Å². The van der Waals surface area contributed by atoms with Crippen LogP contribution in [0.1, 0.15) is 26.5 Å². The van der Waals surface area contributed by atoms with Crippen LogP contribution in [0, 0.1) is 0 Å². The molecule has 0 aliphatic rings. The summed E-state index contributed by atoms with van der Waals surface area (Å²) in [6.45, 7) is 6.39. The SMILES string of the molecule is CC(C)(C)c1cc(=O)n(CCO)[nH]1. The molecule has 0 atom stereocenters. The number of nitrogens with zero attached hydrogens (tertiary/aromatic N) is 1. The number of aromatic nitrogens is 2. The minimum Gasteiger partial charge on any atom is -0.394 e. The van der Waals surface area contributed by atoms with Crippen molar-refractivity contribution in [2.45, 2.75) is 32.7 Å². The van der Waals surface area contributed by atoms with Crippen molar-refractivity contribution in [1.29, 1.82) is 0 Å². The van der Waals surface area contributed by atoms with Crippen LogP contribution in [0.4, 0.5) is 0 Å². The molecule has 1 aromatic rings. The molecule has 0 spiro atoms. The Morgan fingerprint density at radius 1 is 1.54 bits per heavy atom. The van der Waals surface area contributed by atoms with E-state index in [2.05, 4.69) is 5.10 Å². The smallest absolute Gasteiger partial charge is 0.266 e. The van der Waals surface area contributed by atoms with E-state index in [1.165, 1.54) is 4.68 Å². The predicted molar refractivity (Wildman–Crippen MR) is 50.8 cm³/mol. The van der Waals surface area contributed by atoms with Gasteiger partial charge in [0.25, 0.3) is 5.56 Å². The van der Waals surface area contributed by atoms with Crippen LogP contribution in [0.2, 0.25) is 0 Å². The number of hydrogen-bond acceptors (Lipinski definition) is 2. The van der Waals surface area contributed by atoms with Gasteiger partial charge in [-0.25, -0.2) is 0 Å². The van der Waals surface area contributed by atoms with E-state index >= 15 is 0 Å². The van der Waals surface area contributed by atoms with Crippen molar-refractivity contribution in [3.8, 4) is 0 Å². The third-order valence-electron chi connectivity index (χ3n) is 1.92. The van der Waals surface area contributed by atoms with Crippen LogP contribution >= 0.6 is 0 Å². The van der Waals surface area contributed by atoms with Crippen molar-refractivity contribution in [2.75, 3.05) is 6.61 Å². The Bertz CT molecular complexity index is 330. The van der Waals surface area contributed by atoms with Crippen molar-refractivity contribution in [2.24, 2.45) is 0 Å². The van der Waals surface area contributed by atoms with Crippen molar-refractivity contribution in [3.63, 3.8) is 0 Å². The lowest BCUT2D eigenvalue weighted by atomic mass is 9.93. The van der Waals surface area contributed by atoms with E-state index in [0.717, 1.165) is 5.69 Å². The Labute approximate surface area is 77.2 Å². The molecule has 0 unspecified atom stereocenters. The third kappa shape index (κ3) is 2.21. The zero-order valence-corrected chi connectivity index (χ0v) is 8.29. The monoisotopic (exact) mass is 184 g/mol. The molecule has 0 aromatic carbocycles. The zero-order chi connectivity index (χ0) is 10.1. The second-order valence-electron chi connectivity index (χ2n) is 4.13. The van der Waals surface area contributed by atoms with Gasteiger partial charge in [-0.1, -0.05) is 20.8 Å². The maximum Gasteiger partial charge on any atom is 0.266 e. The quantitative estimate of drug-likeness (QED) is 0.701. The first kappa shape index (κ1) is 10.1. The summed E-state index contributed by atoms with van der Waals surface area (Å²) in [5.41, 5.74) is 0.754. The molecule has 0 fully saturated rings. The summed E-state index contributed by atoms with van der Waals surface area (Å²) < 4.78 is 1.42. The first-order chi connectivity index (χ1) is 5.95. The summed E-state index contributed by atoms with van der Waals surface area (Å²) in [5.74, 6) is 0. The van der Waals surface area contributed by atoms with Crippen molar-refractivity contribution in [3.05, 3.63) is 22.1 Å². The average molecular weight is 184 g/mol. The Kier molecular flexibility index (Phi) is 2.61. The van der Waals surface area contributed by atoms with Gasteiger partial charge in [0, 0.05) is 17.2 Å². The molecule has 0 aliphatic carbocycles. The second kappa shape index (κ2) is 3.38. The molecular formula is C9H16N2O2. The maximum absolute atomic E-state index is 11.3. The minimum atomic E-state index is -0.0843. The Hall–Kier alpha value is -1.03. The lowest BCUT2D eigenvalue weighted by Gasteiger charge is -2.15. The van der Waals surface area contributed by atoms with E-state index in [4.69, 9.17) is 5.11 Å². The van der Waals surface area contributed by atoms with Gasteiger partial charge in [-0.05, 0) is 0 Å². The van der Waals surface area contributed by atoms with Crippen molar-refractivity contribution in [1.82, 2.24) is 9.78 Å².